The van der Waals surface area contributed by atoms with Gasteiger partial charge in [0.15, 0.2) is 0 Å². The molecule has 2 heteroatoms. The number of ether oxygens (including phenoxy) is 1. The first-order valence-corrected chi connectivity index (χ1v) is 8.19. The molecular formula is C19H33NO. The maximum absolute atomic E-state index is 5.71. The van der Waals surface area contributed by atoms with Crippen LogP contribution in [0.3, 0.4) is 0 Å². The summed E-state index contributed by atoms with van der Waals surface area (Å²) in [4.78, 5) is 0. The Hall–Kier alpha value is -0.860. The summed E-state index contributed by atoms with van der Waals surface area (Å²) in [6.07, 6.45) is 1.13. The topological polar surface area (TPSA) is 21.3 Å². The third kappa shape index (κ3) is 8.23. The lowest BCUT2D eigenvalue weighted by Crippen LogP contribution is -2.38. The van der Waals surface area contributed by atoms with Crippen LogP contribution in [0.1, 0.15) is 65.0 Å². The average Bonchev–Trinajstić information content (AvgIpc) is 2.40. The van der Waals surface area contributed by atoms with Crippen LogP contribution in [0.2, 0.25) is 0 Å². The smallest absolute Gasteiger partial charge is 0.0716 e. The van der Waals surface area contributed by atoms with E-state index in [0.29, 0.717) is 11.8 Å². The van der Waals surface area contributed by atoms with E-state index in [0.717, 1.165) is 26.2 Å². The minimum atomic E-state index is 0.179. The highest BCUT2D eigenvalue weighted by atomic mass is 16.5. The number of hydrogen-bond acceptors (Lipinski definition) is 2. The molecule has 0 aliphatic heterocycles. The van der Waals surface area contributed by atoms with Crippen molar-refractivity contribution in [2.75, 3.05) is 13.2 Å². The van der Waals surface area contributed by atoms with Crippen LogP contribution < -0.4 is 5.32 Å². The molecule has 0 saturated carbocycles. The molecular weight excluding hydrogens is 258 g/mol. The monoisotopic (exact) mass is 291 g/mol. The number of benzene rings is 1. The van der Waals surface area contributed by atoms with Crippen LogP contribution >= 0.6 is 0 Å². The van der Waals surface area contributed by atoms with Crippen molar-refractivity contribution in [2.24, 2.45) is 5.92 Å². The van der Waals surface area contributed by atoms with Crippen molar-refractivity contribution in [3.05, 3.63) is 35.4 Å². The molecule has 0 aliphatic carbocycles. The van der Waals surface area contributed by atoms with Gasteiger partial charge in [-0.25, -0.2) is 0 Å². The molecule has 0 heterocycles. The van der Waals surface area contributed by atoms with Gasteiger partial charge in [-0.15, -0.1) is 0 Å². The maximum Gasteiger partial charge on any atom is 0.0716 e. The van der Waals surface area contributed by atoms with Gasteiger partial charge < -0.3 is 10.1 Å². The van der Waals surface area contributed by atoms with Crippen LogP contribution in [0, 0.1) is 5.92 Å². The van der Waals surface area contributed by atoms with Crippen LogP contribution in [0.4, 0.5) is 0 Å². The summed E-state index contributed by atoms with van der Waals surface area (Å²) in [6, 6.07) is 8.85. The Morgan fingerprint density at radius 2 is 1.67 bits per heavy atom. The lowest BCUT2D eigenvalue weighted by Gasteiger charge is -2.23. The van der Waals surface area contributed by atoms with E-state index >= 15 is 0 Å². The van der Waals surface area contributed by atoms with Gasteiger partial charge in [-0.05, 0) is 50.2 Å². The van der Waals surface area contributed by atoms with E-state index < -0.39 is 0 Å². The summed E-state index contributed by atoms with van der Waals surface area (Å²) in [6.45, 7) is 15.9. The normalized spacial score (nSPS) is 13.7. The fourth-order valence-corrected chi connectivity index (χ4v) is 2.03. The molecule has 1 N–H and O–H groups in total. The number of nitrogens with one attached hydrogen (secondary N) is 1. The lowest BCUT2D eigenvalue weighted by atomic mass is 9.98. The highest BCUT2D eigenvalue weighted by Crippen LogP contribution is 2.17. The van der Waals surface area contributed by atoms with Gasteiger partial charge in [0.2, 0.25) is 0 Å². The van der Waals surface area contributed by atoms with Gasteiger partial charge in [-0.3, -0.25) is 0 Å². The summed E-state index contributed by atoms with van der Waals surface area (Å²) in [5.74, 6) is 1.24. The van der Waals surface area contributed by atoms with E-state index in [9.17, 15) is 0 Å². The van der Waals surface area contributed by atoms with E-state index in [-0.39, 0.29) is 5.54 Å². The fraction of sp³-hybridized carbons (Fsp3) is 0.684. The molecule has 1 aromatic rings. The molecule has 21 heavy (non-hydrogen) atoms. The minimum Gasteiger partial charge on any atom is -0.377 e. The highest BCUT2D eigenvalue weighted by molar-refractivity contribution is 5.25. The first-order valence-electron chi connectivity index (χ1n) is 8.19. The van der Waals surface area contributed by atoms with Gasteiger partial charge in [-0.2, -0.15) is 0 Å². The Labute approximate surface area is 131 Å². The summed E-state index contributed by atoms with van der Waals surface area (Å²) >= 11 is 0. The average molecular weight is 291 g/mol. The molecule has 0 radical (unpaired) electrons. The van der Waals surface area contributed by atoms with Crippen molar-refractivity contribution in [1.82, 2.24) is 5.32 Å². The van der Waals surface area contributed by atoms with E-state index in [1.807, 2.05) is 0 Å². The Kier molecular flexibility index (Phi) is 7.41. The van der Waals surface area contributed by atoms with Gasteiger partial charge in [0, 0.05) is 18.7 Å². The van der Waals surface area contributed by atoms with Crippen LogP contribution in [-0.2, 0) is 11.3 Å². The van der Waals surface area contributed by atoms with Gasteiger partial charge in [0.1, 0.15) is 0 Å². The second kappa shape index (κ2) is 8.55. The molecule has 0 aliphatic rings. The van der Waals surface area contributed by atoms with Gasteiger partial charge in [0.25, 0.3) is 0 Å². The molecule has 1 aromatic carbocycles. The first kappa shape index (κ1) is 18.2. The molecule has 1 atom stereocenters. The van der Waals surface area contributed by atoms with Crippen molar-refractivity contribution in [1.29, 1.82) is 0 Å². The largest absolute Gasteiger partial charge is 0.377 e. The first-order chi connectivity index (χ1) is 9.78. The Bertz CT molecular complexity index is 389. The van der Waals surface area contributed by atoms with Crippen molar-refractivity contribution in [3.63, 3.8) is 0 Å². The zero-order valence-corrected chi connectivity index (χ0v) is 14.7. The molecule has 1 unspecified atom stereocenters. The van der Waals surface area contributed by atoms with Crippen molar-refractivity contribution in [3.8, 4) is 0 Å². The summed E-state index contributed by atoms with van der Waals surface area (Å²) < 4.78 is 5.71. The quantitative estimate of drug-likeness (QED) is 0.698. The summed E-state index contributed by atoms with van der Waals surface area (Å²) in [7, 11) is 0. The summed E-state index contributed by atoms with van der Waals surface area (Å²) in [5.41, 5.74) is 2.83. The van der Waals surface area contributed by atoms with E-state index in [1.165, 1.54) is 11.1 Å². The molecule has 0 amide bonds. The standard InChI is InChI=1S/C19H33NO/c1-15(2)11-12-21-14-17-7-9-18(10-8-17)16(3)13-20-19(4,5)6/h7-10,15-16,20H,11-14H2,1-6H3. The zero-order chi connectivity index (χ0) is 15.9. The third-order valence-electron chi connectivity index (χ3n) is 3.60. The second-order valence-electron chi connectivity index (χ2n) is 7.51. The van der Waals surface area contributed by atoms with Crippen molar-refractivity contribution in [2.45, 2.75) is 66.0 Å². The maximum atomic E-state index is 5.71. The van der Waals surface area contributed by atoms with Crippen molar-refractivity contribution >= 4 is 0 Å². The van der Waals surface area contributed by atoms with Crippen LogP contribution in [0.15, 0.2) is 24.3 Å². The van der Waals surface area contributed by atoms with Gasteiger partial charge in [0.05, 0.1) is 6.61 Å². The molecule has 120 valence electrons. The van der Waals surface area contributed by atoms with Crippen LogP contribution in [-0.4, -0.2) is 18.7 Å². The van der Waals surface area contributed by atoms with Gasteiger partial charge in [-0.1, -0.05) is 45.0 Å². The zero-order valence-electron chi connectivity index (χ0n) is 14.7. The Morgan fingerprint density at radius 3 is 2.19 bits per heavy atom. The third-order valence-corrected chi connectivity index (χ3v) is 3.60. The summed E-state index contributed by atoms with van der Waals surface area (Å²) in [5, 5.41) is 3.56. The fourth-order valence-electron chi connectivity index (χ4n) is 2.03. The van der Waals surface area contributed by atoms with Crippen molar-refractivity contribution < 1.29 is 4.74 Å². The molecule has 0 spiro atoms. The molecule has 0 aromatic heterocycles. The predicted molar refractivity (Wildman–Crippen MR) is 91.7 cm³/mol. The molecule has 0 fully saturated rings. The minimum absolute atomic E-state index is 0.179. The Balaban J connectivity index is 2.39. The highest BCUT2D eigenvalue weighted by Gasteiger charge is 2.12. The molecule has 0 saturated heterocycles. The molecule has 2 nitrogen and oxygen atoms in total. The Morgan fingerprint density at radius 1 is 1.05 bits per heavy atom. The molecule has 0 bridgehead atoms. The van der Waals surface area contributed by atoms with Crippen LogP contribution in [0.5, 0.6) is 0 Å². The van der Waals surface area contributed by atoms with E-state index in [4.69, 9.17) is 4.74 Å². The van der Waals surface area contributed by atoms with E-state index in [1.54, 1.807) is 0 Å². The SMILES string of the molecule is CC(C)CCOCc1ccc(C(C)CNC(C)(C)C)cc1. The second-order valence-corrected chi connectivity index (χ2v) is 7.51. The number of hydrogen-bond donors (Lipinski definition) is 1. The predicted octanol–water partition coefficient (Wildman–Crippen LogP) is 4.74. The van der Waals surface area contributed by atoms with E-state index in [2.05, 4.69) is 71.1 Å². The number of rotatable bonds is 8. The van der Waals surface area contributed by atoms with Crippen LogP contribution in [0.25, 0.3) is 0 Å². The molecule has 1 rings (SSSR count). The lowest BCUT2D eigenvalue weighted by molar-refractivity contribution is 0.110. The van der Waals surface area contributed by atoms with Gasteiger partial charge >= 0.3 is 0 Å².